The van der Waals surface area contributed by atoms with E-state index in [1.54, 1.807) is 22.0 Å². The molecular weight excluding hydrogens is 702 g/mol. The van der Waals surface area contributed by atoms with E-state index >= 15 is 0 Å². The van der Waals surface area contributed by atoms with Gasteiger partial charge < -0.3 is 29.7 Å². The molecule has 10 nitrogen and oxygen atoms in total. The Kier molecular flexibility index (Phi) is 12.3. The molecule has 1 unspecified atom stereocenters. The molecule has 11 heteroatoms. The van der Waals surface area contributed by atoms with Crippen molar-refractivity contribution in [3.8, 4) is 0 Å². The predicted molar refractivity (Wildman–Crippen MR) is 195 cm³/mol. The number of esters is 1. The molecule has 1 spiro atoms. The first-order chi connectivity index (χ1) is 24.1. The molecule has 3 aliphatic rings. The number of likely N-dealkylation sites (tertiary alicyclic amines) is 1. The molecule has 3 fully saturated rings. The standard InChI is InChI=1S/C39H48BrN3O7/c1-5-7-19-30(45)49-24-29(27-17-10-8-11-18-27)41-36(46)31-32-37(47)43(21-12-9-13-22-44)35(39(32)23-28(40)34(31)50-39)38(48)42(20-6-2)33-25(3)15-14-16-26(33)4/h5-6,8,10-11,14-18,28-29,31-32,34-35,44H,1-2,7,9,12-13,19-24H2,3-4H3,(H,41,46)/t28?,29-,31-,32+,34-,35-,39+/m0/s1. The quantitative estimate of drug-likeness (QED) is 0.0999. The van der Waals surface area contributed by atoms with E-state index in [2.05, 4.69) is 34.4 Å². The van der Waals surface area contributed by atoms with Crippen molar-refractivity contribution in [2.75, 3.05) is 31.2 Å². The lowest BCUT2D eigenvalue weighted by Crippen LogP contribution is -2.57. The number of alkyl halides is 1. The number of aliphatic hydroxyl groups is 1. The number of anilines is 1. The van der Waals surface area contributed by atoms with Crippen LogP contribution in [0.1, 0.15) is 61.3 Å². The second-order valence-corrected chi connectivity index (χ2v) is 14.6. The number of unbranched alkanes of at least 4 members (excludes halogenated alkanes) is 2. The molecule has 3 heterocycles. The molecule has 2 aromatic carbocycles. The Hall–Kier alpha value is -3.80. The molecular formula is C39H48BrN3O7. The van der Waals surface area contributed by atoms with Gasteiger partial charge in [0, 0.05) is 36.6 Å². The van der Waals surface area contributed by atoms with Gasteiger partial charge in [-0.25, -0.2) is 0 Å². The van der Waals surface area contributed by atoms with Gasteiger partial charge in [0.1, 0.15) is 18.2 Å². The van der Waals surface area contributed by atoms with Gasteiger partial charge in [-0.3, -0.25) is 19.2 Å². The number of carbonyl (C=O) groups excluding carboxylic acids is 4. The normalized spacial score (nSPS) is 25.6. The van der Waals surface area contributed by atoms with Gasteiger partial charge >= 0.3 is 5.97 Å². The number of aryl methyl sites for hydroxylation is 2. The Morgan fingerprint density at radius 2 is 1.82 bits per heavy atom. The van der Waals surface area contributed by atoms with Crippen LogP contribution in [0.4, 0.5) is 5.69 Å². The zero-order chi connectivity index (χ0) is 36.0. The van der Waals surface area contributed by atoms with Crippen LogP contribution in [-0.4, -0.2) is 82.6 Å². The highest BCUT2D eigenvalue weighted by molar-refractivity contribution is 9.09. The van der Waals surface area contributed by atoms with E-state index in [4.69, 9.17) is 9.47 Å². The molecule has 0 aliphatic carbocycles. The van der Waals surface area contributed by atoms with Crippen molar-refractivity contribution < 1.29 is 33.8 Å². The number of benzene rings is 2. The number of nitrogens with zero attached hydrogens (tertiary/aromatic N) is 2. The van der Waals surface area contributed by atoms with Gasteiger partial charge in [0.2, 0.25) is 11.8 Å². The number of allylic oxidation sites excluding steroid dienone is 1. The Morgan fingerprint density at radius 1 is 1.10 bits per heavy atom. The summed E-state index contributed by atoms with van der Waals surface area (Å²) in [5.41, 5.74) is 2.09. The van der Waals surface area contributed by atoms with Crippen LogP contribution in [-0.2, 0) is 28.7 Å². The van der Waals surface area contributed by atoms with Crippen LogP contribution in [0, 0.1) is 25.7 Å². The summed E-state index contributed by atoms with van der Waals surface area (Å²) in [5.74, 6) is -3.17. The molecule has 268 valence electrons. The average molecular weight is 751 g/mol. The SMILES string of the molecule is C=CCCC(=O)OC[C@H](NC(=O)[C@@H]1[C@H]2O[C@@]3(CC2Br)[C@H](C(=O)N(CC=C)c2c(C)cccc2C)N(CCCCCO)C(=O)[C@@H]13)c1ccccc1. The molecule has 2 bridgehead atoms. The van der Waals surface area contributed by atoms with Gasteiger partial charge in [-0.15, -0.1) is 13.2 Å². The van der Waals surface area contributed by atoms with Crippen molar-refractivity contribution >= 4 is 45.3 Å². The number of nitrogens with one attached hydrogen (secondary N) is 1. The first-order valence-corrected chi connectivity index (χ1v) is 18.3. The second kappa shape index (κ2) is 16.5. The maximum absolute atomic E-state index is 15.0. The van der Waals surface area contributed by atoms with E-state index in [1.807, 2.05) is 62.4 Å². The van der Waals surface area contributed by atoms with E-state index in [0.29, 0.717) is 32.1 Å². The molecule has 3 amide bonds. The number of para-hydroxylation sites is 1. The Labute approximate surface area is 303 Å². The van der Waals surface area contributed by atoms with Crippen LogP contribution < -0.4 is 10.2 Å². The topological polar surface area (TPSA) is 125 Å². The first kappa shape index (κ1) is 37.5. The average Bonchev–Trinajstić information content (AvgIpc) is 3.70. The first-order valence-electron chi connectivity index (χ1n) is 17.4. The third kappa shape index (κ3) is 7.31. The van der Waals surface area contributed by atoms with Crippen LogP contribution in [0.15, 0.2) is 73.8 Å². The third-order valence-electron chi connectivity index (χ3n) is 10.2. The van der Waals surface area contributed by atoms with Crippen molar-refractivity contribution in [3.05, 3.63) is 90.5 Å². The van der Waals surface area contributed by atoms with Gasteiger partial charge in [-0.2, -0.15) is 0 Å². The van der Waals surface area contributed by atoms with Crippen molar-refractivity contribution in [2.45, 2.75) is 81.0 Å². The second-order valence-electron chi connectivity index (χ2n) is 13.4. The Balaban J connectivity index is 1.50. The van der Waals surface area contributed by atoms with Crippen LogP contribution in [0.3, 0.4) is 0 Å². The van der Waals surface area contributed by atoms with Crippen LogP contribution in [0.5, 0.6) is 0 Å². The largest absolute Gasteiger partial charge is 0.463 e. The number of hydrogen-bond donors (Lipinski definition) is 2. The van der Waals surface area contributed by atoms with Gasteiger partial charge in [0.05, 0.1) is 24.0 Å². The summed E-state index contributed by atoms with van der Waals surface area (Å²) >= 11 is 3.76. The number of halogens is 1. The molecule has 0 radical (unpaired) electrons. The van der Waals surface area contributed by atoms with E-state index in [0.717, 1.165) is 22.4 Å². The summed E-state index contributed by atoms with van der Waals surface area (Å²) in [5, 5.41) is 12.5. The van der Waals surface area contributed by atoms with Crippen LogP contribution >= 0.6 is 15.9 Å². The lowest BCUT2D eigenvalue weighted by atomic mass is 9.70. The van der Waals surface area contributed by atoms with E-state index in [1.165, 1.54) is 0 Å². The molecule has 0 aromatic heterocycles. The number of aliphatic hydroxyl groups excluding tert-OH is 1. The molecule has 5 rings (SSSR count). The summed E-state index contributed by atoms with van der Waals surface area (Å²) in [6.45, 7) is 11.9. The molecule has 2 N–H and O–H groups in total. The number of ether oxygens (including phenoxy) is 2. The minimum Gasteiger partial charge on any atom is -0.463 e. The summed E-state index contributed by atoms with van der Waals surface area (Å²) < 4.78 is 12.3. The van der Waals surface area contributed by atoms with E-state index in [-0.39, 0.29) is 49.4 Å². The molecule has 0 saturated carbocycles. The number of amides is 3. The van der Waals surface area contributed by atoms with Gasteiger partial charge in [0.25, 0.3) is 5.91 Å². The molecule has 3 saturated heterocycles. The van der Waals surface area contributed by atoms with Crippen LogP contribution in [0.25, 0.3) is 0 Å². The van der Waals surface area contributed by atoms with Crippen molar-refractivity contribution in [2.24, 2.45) is 11.8 Å². The Bertz CT molecular complexity index is 1560. The minimum atomic E-state index is -1.25. The minimum absolute atomic E-state index is 0.0347. The maximum atomic E-state index is 15.0. The molecule has 7 atom stereocenters. The van der Waals surface area contributed by atoms with Crippen molar-refractivity contribution in [1.82, 2.24) is 10.2 Å². The number of carbonyl (C=O) groups is 4. The molecule has 2 aromatic rings. The number of fused-ring (bicyclic) bond motifs is 1. The fraction of sp³-hybridized carbons (Fsp3) is 0.487. The summed E-state index contributed by atoms with van der Waals surface area (Å²) in [6.07, 6.45) is 5.51. The monoisotopic (exact) mass is 749 g/mol. The highest BCUT2D eigenvalue weighted by atomic mass is 79.9. The summed E-state index contributed by atoms with van der Waals surface area (Å²) in [6, 6.07) is 13.4. The zero-order valence-corrected chi connectivity index (χ0v) is 30.5. The lowest BCUT2D eigenvalue weighted by molar-refractivity contribution is -0.145. The molecule has 50 heavy (non-hydrogen) atoms. The van der Waals surface area contributed by atoms with Gasteiger partial charge in [-0.1, -0.05) is 76.6 Å². The molecule has 3 aliphatic heterocycles. The van der Waals surface area contributed by atoms with E-state index in [9.17, 15) is 24.3 Å². The van der Waals surface area contributed by atoms with Crippen molar-refractivity contribution in [3.63, 3.8) is 0 Å². The fourth-order valence-corrected chi connectivity index (χ4v) is 8.90. The highest BCUT2D eigenvalue weighted by Crippen LogP contribution is 2.60. The smallest absolute Gasteiger partial charge is 0.306 e. The van der Waals surface area contributed by atoms with Crippen molar-refractivity contribution in [1.29, 1.82) is 0 Å². The number of hydrogen-bond acceptors (Lipinski definition) is 7. The van der Waals surface area contributed by atoms with Gasteiger partial charge in [0.15, 0.2) is 0 Å². The predicted octanol–water partition coefficient (Wildman–Crippen LogP) is 5.10. The maximum Gasteiger partial charge on any atom is 0.306 e. The highest BCUT2D eigenvalue weighted by Gasteiger charge is 2.76. The summed E-state index contributed by atoms with van der Waals surface area (Å²) in [4.78, 5) is 59.5. The zero-order valence-electron chi connectivity index (χ0n) is 28.9. The number of rotatable bonds is 17. The summed E-state index contributed by atoms with van der Waals surface area (Å²) in [7, 11) is 0. The third-order valence-corrected chi connectivity index (χ3v) is 11.0. The fourth-order valence-electron chi connectivity index (χ4n) is 7.96. The lowest BCUT2D eigenvalue weighted by Gasteiger charge is -2.38. The van der Waals surface area contributed by atoms with E-state index < -0.39 is 47.5 Å². The Morgan fingerprint density at radius 3 is 2.48 bits per heavy atom. The van der Waals surface area contributed by atoms with Crippen LogP contribution in [0.2, 0.25) is 0 Å². The van der Waals surface area contributed by atoms with Gasteiger partial charge in [-0.05, 0) is 62.6 Å².